The van der Waals surface area contributed by atoms with Gasteiger partial charge in [0.2, 0.25) is 5.91 Å². The molecule has 1 unspecified atom stereocenters. The second-order valence-corrected chi connectivity index (χ2v) is 7.67. The highest BCUT2D eigenvalue weighted by atomic mass is 32.2. The Kier molecular flexibility index (Phi) is 6.77. The van der Waals surface area contributed by atoms with E-state index in [-0.39, 0.29) is 11.2 Å². The van der Waals surface area contributed by atoms with Crippen LogP contribution in [0.5, 0.6) is 5.75 Å². The van der Waals surface area contributed by atoms with E-state index in [0.29, 0.717) is 13.0 Å². The van der Waals surface area contributed by atoms with E-state index in [2.05, 4.69) is 18.5 Å². The zero-order valence-corrected chi connectivity index (χ0v) is 17.5. The standard InChI is InChI=1S/C23H25N3O2S/c1-5-24-23(27)21(29-4)14-17-10-12-18(13-11-17)28-15-22-25-20-9-7-6-8-19(20)16(2)26(22)3/h5-13,21H,1-2,14-15H2,3-4H3,(H,24,27). The van der Waals surface area contributed by atoms with Gasteiger partial charge in [0.1, 0.15) is 18.2 Å². The molecule has 5 nitrogen and oxygen atoms in total. The highest BCUT2D eigenvalue weighted by Gasteiger charge is 2.20. The number of benzene rings is 2. The lowest BCUT2D eigenvalue weighted by Crippen LogP contribution is -2.32. The fraction of sp³-hybridized carbons (Fsp3) is 0.217. The molecule has 0 saturated carbocycles. The molecular formula is C23H25N3O2S. The molecule has 0 spiro atoms. The van der Waals surface area contributed by atoms with Crippen molar-refractivity contribution in [2.45, 2.75) is 11.7 Å². The first kappa shape index (κ1) is 20.7. The van der Waals surface area contributed by atoms with Crippen molar-refractivity contribution < 1.29 is 9.53 Å². The molecule has 2 aromatic carbocycles. The Hall–Kier alpha value is -2.99. The molecule has 0 fully saturated rings. The molecule has 0 aliphatic carbocycles. The Labute approximate surface area is 176 Å². The second kappa shape index (κ2) is 9.47. The van der Waals surface area contributed by atoms with Crippen molar-refractivity contribution in [3.63, 3.8) is 0 Å². The molecule has 2 aromatic rings. The smallest absolute Gasteiger partial charge is 0.237 e. The zero-order valence-electron chi connectivity index (χ0n) is 16.7. The third-order valence-corrected chi connectivity index (χ3v) is 5.74. The number of carbonyl (C=O) groups is 1. The van der Waals surface area contributed by atoms with E-state index < -0.39 is 0 Å². The van der Waals surface area contributed by atoms with Gasteiger partial charge in [0.05, 0.1) is 10.9 Å². The Morgan fingerprint density at radius 2 is 2.00 bits per heavy atom. The number of likely N-dealkylation sites (N-methyl/N-ethyl adjacent to an activating group) is 1. The average Bonchev–Trinajstić information content (AvgIpc) is 2.74. The molecule has 1 aliphatic heterocycles. The Morgan fingerprint density at radius 1 is 1.28 bits per heavy atom. The maximum Gasteiger partial charge on any atom is 0.237 e. The summed E-state index contributed by atoms with van der Waals surface area (Å²) in [5.74, 6) is 1.53. The fourth-order valence-electron chi connectivity index (χ4n) is 3.06. The summed E-state index contributed by atoms with van der Waals surface area (Å²) in [4.78, 5) is 18.7. The maximum atomic E-state index is 12.0. The van der Waals surface area contributed by atoms with Crippen molar-refractivity contribution in [1.29, 1.82) is 0 Å². The lowest BCUT2D eigenvalue weighted by Gasteiger charge is -2.28. The average molecular weight is 408 g/mol. The highest BCUT2D eigenvalue weighted by molar-refractivity contribution is 7.99. The van der Waals surface area contributed by atoms with Crippen LogP contribution in [-0.2, 0) is 11.2 Å². The molecule has 1 aliphatic rings. The van der Waals surface area contributed by atoms with Crippen LogP contribution in [-0.4, -0.2) is 41.8 Å². The predicted molar refractivity (Wildman–Crippen MR) is 122 cm³/mol. The lowest BCUT2D eigenvalue weighted by atomic mass is 10.1. The molecule has 0 saturated heterocycles. The van der Waals surface area contributed by atoms with Crippen molar-refractivity contribution in [1.82, 2.24) is 10.2 Å². The van der Waals surface area contributed by atoms with Gasteiger partial charge < -0.3 is 15.0 Å². The molecule has 0 bridgehead atoms. The minimum Gasteiger partial charge on any atom is -0.486 e. The van der Waals surface area contributed by atoms with E-state index in [9.17, 15) is 4.79 Å². The van der Waals surface area contributed by atoms with Crippen LogP contribution in [0.4, 0.5) is 5.69 Å². The number of hydrogen-bond donors (Lipinski definition) is 1. The Bertz CT molecular complexity index is 937. The minimum atomic E-state index is -0.156. The molecule has 0 aromatic heterocycles. The quantitative estimate of drug-likeness (QED) is 0.711. The van der Waals surface area contributed by atoms with Gasteiger partial charge in [0, 0.05) is 18.3 Å². The third-order valence-electron chi connectivity index (χ3n) is 4.79. The highest BCUT2D eigenvalue weighted by Crippen LogP contribution is 2.32. The van der Waals surface area contributed by atoms with Gasteiger partial charge in [-0.1, -0.05) is 43.5 Å². The number of ether oxygens (including phenoxy) is 1. The van der Waals surface area contributed by atoms with Crippen molar-refractivity contribution in [3.8, 4) is 5.75 Å². The topological polar surface area (TPSA) is 53.9 Å². The zero-order chi connectivity index (χ0) is 20.8. The summed E-state index contributed by atoms with van der Waals surface area (Å²) < 4.78 is 5.94. The Morgan fingerprint density at radius 3 is 2.69 bits per heavy atom. The number of hydrogen-bond acceptors (Lipinski definition) is 5. The second-order valence-electron chi connectivity index (χ2n) is 6.62. The van der Waals surface area contributed by atoms with Crippen LogP contribution in [0.3, 0.4) is 0 Å². The van der Waals surface area contributed by atoms with Gasteiger partial charge in [0.15, 0.2) is 0 Å². The number of nitrogens with zero attached hydrogens (tertiary/aromatic N) is 2. The van der Waals surface area contributed by atoms with Crippen molar-refractivity contribution in [2.24, 2.45) is 4.99 Å². The number of aliphatic imine (C=N–C) groups is 1. The lowest BCUT2D eigenvalue weighted by molar-refractivity contribution is -0.119. The molecule has 1 heterocycles. The summed E-state index contributed by atoms with van der Waals surface area (Å²) in [5, 5.41) is 2.50. The maximum absolute atomic E-state index is 12.0. The largest absolute Gasteiger partial charge is 0.486 e. The number of rotatable bonds is 8. The number of fused-ring (bicyclic) bond motifs is 1. The summed E-state index contributed by atoms with van der Waals surface area (Å²) >= 11 is 1.52. The molecule has 150 valence electrons. The van der Waals surface area contributed by atoms with Gasteiger partial charge >= 0.3 is 0 Å². The van der Waals surface area contributed by atoms with Crippen molar-refractivity contribution in [2.75, 3.05) is 19.9 Å². The summed E-state index contributed by atoms with van der Waals surface area (Å²) in [6, 6.07) is 15.8. The summed E-state index contributed by atoms with van der Waals surface area (Å²) in [7, 11) is 1.94. The molecule has 0 radical (unpaired) electrons. The number of carbonyl (C=O) groups excluding carboxylic acids is 1. The molecule has 1 N–H and O–H groups in total. The van der Waals surface area contributed by atoms with Gasteiger partial charge in [-0.25, -0.2) is 4.99 Å². The molecule has 1 amide bonds. The summed E-state index contributed by atoms with van der Waals surface area (Å²) in [5.41, 5.74) is 3.92. The van der Waals surface area contributed by atoms with Crippen LogP contribution >= 0.6 is 11.8 Å². The Balaban J connectivity index is 1.63. The molecule has 6 heteroatoms. The summed E-state index contributed by atoms with van der Waals surface area (Å²) in [6.07, 6.45) is 3.99. The molecule has 29 heavy (non-hydrogen) atoms. The van der Waals surface area contributed by atoms with E-state index in [0.717, 1.165) is 34.1 Å². The van der Waals surface area contributed by atoms with E-state index in [1.807, 2.05) is 66.7 Å². The molecular weight excluding hydrogens is 382 g/mol. The normalized spacial score (nSPS) is 13.9. The number of nitrogens with one attached hydrogen (secondary N) is 1. The molecule has 3 rings (SSSR count). The van der Waals surface area contributed by atoms with Crippen LogP contribution in [0.15, 0.2) is 72.9 Å². The fourth-order valence-corrected chi connectivity index (χ4v) is 3.70. The number of amides is 1. The van der Waals surface area contributed by atoms with Crippen LogP contribution in [0, 0.1) is 0 Å². The van der Waals surface area contributed by atoms with Crippen molar-refractivity contribution in [3.05, 3.63) is 79.0 Å². The summed E-state index contributed by atoms with van der Waals surface area (Å²) in [6.45, 7) is 8.05. The number of thioether (sulfide) groups is 1. The van der Waals surface area contributed by atoms with Crippen molar-refractivity contribution >= 4 is 34.9 Å². The van der Waals surface area contributed by atoms with Crippen LogP contribution in [0.25, 0.3) is 5.70 Å². The van der Waals surface area contributed by atoms with E-state index >= 15 is 0 Å². The first-order valence-corrected chi connectivity index (χ1v) is 10.6. The van der Waals surface area contributed by atoms with Crippen LogP contribution in [0.1, 0.15) is 11.1 Å². The first-order valence-electron chi connectivity index (χ1n) is 9.29. The van der Waals surface area contributed by atoms with Crippen LogP contribution in [0.2, 0.25) is 0 Å². The third kappa shape index (κ3) is 4.90. The van der Waals surface area contributed by atoms with E-state index in [1.165, 1.54) is 18.0 Å². The monoisotopic (exact) mass is 407 g/mol. The van der Waals surface area contributed by atoms with E-state index in [4.69, 9.17) is 9.73 Å². The van der Waals surface area contributed by atoms with Gasteiger partial charge in [-0.3, -0.25) is 4.79 Å². The van der Waals surface area contributed by atoms with Gasteiger partial charge in [-0.15, -0.1) is 0 Å². The minimum absolute atomic E-state index is 0.0355. The predicted octanol–water partition coefficient (Wildman–Crippen LogP) is 4.25. The van der Waals surface area contributed by atoms with Gasteiger partial charge in [-0.05, 0) is 42.6 Å². The number of para-hydroxylation sites is 1. The first-order chi connectivity index (χ1) is 14.0. The number of amidine groups is 1. The van der Waals surface area contributed by atoms with Gasteiger partial charge in [0.25, 0.3) is 0 Å². The van der Waals surface area contributed by atoms with Gasteiger partial charge in [-0.2, -0.15) is 11.8 Å². The molecule has 1 atom stereocenters. The van der Waals surface area contributed by atoms with E-state index in [1.54, 1.807) is 0 Å². The SMILES string of the molecule is C=CNC(=O)C(Cc1ccc(OCC2=Nc3ccccc3C(=C)N2C)cc1)SC. The van der Waals surface area contributed by atoms with Crippen LogP contribution < -0.4 is 10.1 Å².